The second-order valence-corrected chi connectivity index (χ2v) is 37.0. The molecule has 0 spiro atoms. The van der Waals surface area contributed by atoms with Gasteiger partial charge in [0.25, 0.3) is 0 Å². The van der Waals surface area contributed by atoms with Gasteiger partial charge in [-0.3, -0.25) is 19.5 Å². The van der Waals surface area contributed by atoms with E-state index in [4.69, 9.17) is 34.1 Å². The molecule has 6 unspecified atom stereocenters. The van der Waals surface area contributed by atoms with Crippen LogP contribution in [0.15, 0.2) is 114 Å². The fourth-order valence-corrected chi connectivity index (χ4v) is 16.5. The molecule has 0 N–H and O–H groups in total. The molecular formula is C84H114N9O4S2+. The van der Waals surface area contributed by atoms with Gasteiger partial charge in [-0.05, 0) is 182 Å². The fraction of sp³-hybridized carbons (Fsp3) is 0.536. The molecule has 9 heterocycles. The van der Waals surface area contributed by atoms with Crippen LogP contribution in [0.4, 0.5) is 0 Å². The van der Waals surface area contributed by atoms with Gasteiger partial charge in [0.15, 0.2) is 5.52 Å². The molecule has 0 aliphatic carbocycles. The second kappa shape index (κ2) is 29.3. The highest BCUT2D eigenvalue weighted by Gasteiger charge is 2.47. The van der Waals surface area contributed by atoms with E-state index in [1.807, 2.05) is 46.6 Å². The van der Waals surface area contributed by atoms with Crippen LogP contribution >= 0.6 is 22.7 Å². The number of carbonyl (C=O) groups excluding carboxylic acids is 1. The number of nitrogens with zero attached hydrogens (tertiary/aromatic N) is 9. The lowest BCUT2D eigenvalue weighted by atomic mass is 9.83. The predicted octanol–water partition coefficient (Wildman–Crippen LogP) is 19.5. The fourth-order valence-electron chi connectivity index (χ4n) is 14.6. The normalized spacial score (nSPS) is 20.0. The van der Waals surface area contributed by atoms with Crippen molar-refractivity contribution in [2.24, 2.45) is 22.2 Å². The maximum absolute atomic E-state index is 11.5. The number of pyridine rings is 4. The number of Topliss-reactive ketones (excluding diaryl/α,β-unsaturated/α-hetero) is 1. The van der Waals surface area contributed by atoms with Crippen LogP contribution in [0.3, 0.4) is 0 Å². The lowest BCUT2D eigenvalue weighted by Crippen LogP contribution is -2.49. The summed E-state index contributed by atoms with van der Waals surface area (Å²) in [7, 11) is 0. The van der Waals surface area contributed by atoms with Gasteiger partial charge in [0.2, 0.25) is 0 Å². The van der Waals surface area contributed by atoms with E-state index in [1.165, 1.54) is 27.5 Å². The molecule has 3 aromatic carbocycles. The molecule has 530 valence electrons. The molecule has 3 saturated heterocycles. The molecule has 99 heavy (non-hydrogen) atoms. The summed E-state index contributed by atoms with van der Waals surface area (Å²) < 4.78 is 22.4. The first-order chi connectivity index (χ1) is 46.1. The minimum Gasteiger partial charge on any atom is -0.488 e. The SMILES string of the molecule is CC(=O)Cc1nc(-c2cc(OC3CC(C(C)(C)C)N(C(C)(C)C)C3)c3ccc(C)cc3n2)cs1.Cc1ccc2c(OC3CC(C(C)(C)C)N(C(C)(C)C)C3)cc(-[n+]3ccccc3)nc2c1.Cc1ccc2c(OC3CC(C(C)(C)C)N(C(C)(C)C)C3)cc(-c3csc(CC(C)C)n3)nc2c1. The van der Waals surface area contributed by atoms with E-state index >= 15 is 0 Å². The van der Waals surface area contributed by atoms with E-state index in [1.54, 1.807) is 18.3 Å². The van der Waals surface area contributed by atoms with Gasteiger partial charge in [0, 0.05) is 114 Å². The zero-order valence-corrected chi connectivity index (χ0v) is 65.8. The first kappa shape index (κ1) is 74.9. The van der Waals surface area contributed by atoms with Gasteiger partial charge >= 0.3 is 5.82 Å². The van der Waals surface area contributed by atoms with Gasteiger partial charge in [-0.25, -0.2) is 24.5 Å². The summed E-state index contributed by atoms with van der Waals surface area (Å²) in [5.74, 6) is 4.29. The minimum absolute atomic E-state index is 0.0757. The average Bonchev–Trinajstić information content (AvgIpc) is 1.73. The molecule has 0 bridgehead atoms. The third-order valence-electron chi connectivity index (χ3n) is 19.6. The summed E-state index contributed by atoms with van der Waals surface area (Å²) in [4.78, 5) is 43.8. The zero-order valence-electron chi connectivity index (χ0n) is 64.1. The van der Waals surface area contributed by atoms with Crippen molar-refractivity contribution in [2.75, 3.05) is 19.6 Å². The lowest BCUT2D eigenvalue weighted by molar-refractivity contribution is -0.599. The quantitative estimate of drug-likeness (QED) is 0.102. The highest BCUT2D eigenvalue weighted by atomic mass is 32.1. The summed E-state index contributed by atoms with van der Waals surface area (Å²) >= 11 is 3.23. The third-order valence-corrected chi connectivity index (χ3v) is 21.3. The molecule has 0 radical (unpaired) electrons. The first-order valence-electron chi connectivity index (χ1n) is 36.0. The molecule has 3 aliphatic heterocycles. The van der Waals surface area contributed by atoms with E-state index < -0.39 is 0 Å². The largest absolute Gasteiger partial charge is 0.488 e. The molecule has 13 nitrogen and oxygen atoms in total. The van der Waals surface area contributed by atoms with Gasteiger partial charge in [0.1, 0.15) is 52.0 Å². The van der Waals surface area contributed by atoms with E-state index in [0.717, 1.165) is 134 Å². The van der Waals surface area contributed by atoms with Crippen LogP contribution in [0.1, 0.15) is 191 Å². The van der Waals surface area contributed by atoms with Crippen LogP contribution in [0.2, 0.25) is 0 Å². The smallest absolute Gasteiger partial charge is 0.332 e. The van der Waals surface area contributed by atoms with Crippen molar-refractivity contribution in [1.82, 2.24) is 39.6 Å². The molecule has 3 fully saturated rings. The maximum atomic E-state index is 11.5. The highest BCUT2D eigenvalue weighted by molar-refractivity contribution is 7.10. The number of carbonyl (C=O) groups is 1. The van der Waals surface area contributed by atoms with Gasteiger partial charge in [-0.1, -0.05) is 100 Å². The lowest BCUT2D eigenvalue weighted by Gasteiger charge is -2.42. The van der Waals surface area contributed by atoms with Crippen LogP contribution in [-0.2, 0) is 17.6 Å². The Kier molecular flexibility index (Phi) is 22.2. The number of ketones is 1. The maximum Gasteiger partial charge on any atom is 0.332 e. The number of thiazole rings is 2. The number of hydrogen-bond acceptors (Lipinski definition) is 14. The number of rotatable bonds is 13. The topological polar surface area (TPSA) is 123 Å². The van der Waals surface area contributed by atoms with Gasteiger partial charge in [-0.15, -0.1) is 22.7 Å². The Hall–Kier alpha value is -6.75. The molecule has 0 amide bonds. The third kappa shape index (κ3) is 18.5. The molecule has 15 heteroatoms. The summed E-state index contributed by atoms with van der Waals surface area (Å²) in [5.41, 5.74) is 10.7. The number of hydrogen-bond donors (Lipinski definition) is 0. The first-order valence-corrected chi connectivity index (χ1v) is 37.8. The summed E-state index contributed by atoms with van der Waals surface area (Å²) in [6, 6.07) is 32.9. The van der Waals surface area contributed by atoms with Gasteiger partial charge < -0.3 is 14.2 Å². The Morgan fingerprint density at radius 2 is 0.828 bits per heavy atom. The van der Waals surface area contributed by atoms with Crippen LogP contribution < -0.4 is 18.8 Å². The predicted molar refractivity (Wildman–Crippen MR) is 412 cm³/mol. The molecular weight excluding hydrogens is 1260 g/mol. The van der Waals surface area contributed by atoms with E-state index in [9.17, 15) is 4.79 Å². The Bertz CT molecular complexity index is 4220. The molecule has 9 aromatic rings. The average molecular weight is 1380 g/mol. The van der Waals surface area contributed by atoms with Crippen LogP contribution in [0, 0.1) is 42.9 Å². The molecule has 3 aliphatic rings. The van der Waals surface area contributed by atoms with Gasteiger partial charge in [-0.2, -0.15) is 0 Å². The molecule has 6 aromatic heterocycles. The molecule has 12 rings (SSSR count). The van der Waals surface area contributed by atoms with Crippen LogP contribution in [0.5, 0.6) is 17.2 Å². The molecule has 0 saturated carbocycles. The Labute approximate surface area is 600 Å². The Morgan fingerprint density at radius 1 is 0.475 bits per heavy atom. The van der Waals surface area contributed by atoms with Crippen molar-refractivity contribution in [3.8, 4) is 45.8 Å². The van der Waals surface area contributed by atoms with Crippen molar-refractivity contribution >= 4 is 61.2 Å². The number of aromatic nitrogens is 6. The Balaban J connectivity index is 0.000000161. The van der Waals surface area contributed by atoms with Gasteiger partial charge in [0.05, 0.1) is 63.4 Å². The van der Waals surface area contributed by atoms with Crippen molar-refractivity contribution in [2.45, 2.75) is 251 Å². The van der Waals surface area contributed by atoms with E-state index in [-0.39, 0.29) is 57.0 Å². The summed E-state index contributed by atoms with van der Waals surface area (Å²) in [6.45, 7) is 56.9. The zero-order chi connectivity index (χ0) is 72.1. The number of aryl methyl sites for hydroxylation is 3. The minimum atomic E-state index is 0.0757. The van der Waals surface area contributed by atoms with E-state index in [2.05, 4.69) is 251 Å². The van der Waals surface area contributed by atoms with Crippen molar-refractivity contribution in [3.05, 3.63) is 141 Å². The number of likely N-dealkylation sites (tertiary alicyclic amines) is 3. The Morgan fingerprint density at radius 3 is 1.17 bits per heavy atom. The van der Waals surface area contributed by atoms with Crippen LogP contribution in [-0.4, -0.2) is 118 Å². The number of fused-ring (bicyclic) bond motifs is 3. The number of benzene rings is 3. The van der Waals surface area contributed by atoms with Crippen molar-refractivity contribution in [1.29, 1.82) is 0 Å². The van der Waals surface area contributed by atoms with Crippen molar-refractivity contribution in [3.63, 3.8) is 0 Å². The summed E-state index contributed by atoms with van der Waals surface area (Å²) in [5, 5.41) is 9.29. The highest BCUT2D eigenvalue weighted by Crippen LogP contribution is 2.44. The second-order valence-electron chi connectivity index (χ2n) is 35.1. The monoisotopic (exact) mass is 1380 g/mol. The van der Waals surface area contributed by atoms with Crippen LogP contribution in [0.25, 0.3) is 61.3 Å². The van der Waals surface area contributed by atoms with E-state index in [0.29, 0.717) is 30.5 Å². The molecule has 6 atom stereocenters. The van der Waals surface area contributed by atoms with Crippen molar-refractivity contribution < 1.29 is 23.6 Å². The number of ether oxygens (including phenoxy) is 3. The summed E-state index contributed by atoms with van der Waals surface area (Å²) in [6.07, 6.45) is 8.88. The standard InChI is InChI=1S/C29H41N3OS.C28H37N3O2S.C27H36N3O/c1-18(2)12-27-31-24(17-34-27)23-15-25(21-11-10-19(3)13-22(21)30-23)33-20-14-26(28(4,5)6)32(16-20)29(7,8)9;1-17-9-10-20-21(11-17)29-22(23-16-34-26(30-23)12-18(2)32)14-24(20)33-19-13-25(27(3,4)5)31(15-19)28(6,7)8;1-19-11-12-21-22(15-19)28-25(29-13-9-8-10-14-29)17-23(21)31-20-16-24(26(2,3)4)30(18-20)27(5,6)7/h10-11,13,15,17-18,20,26H,12,14,16H2,1-9H3;9-11,14,16,19,25H,12-13,15H2,1-8H3;8-15,17,20,24H,16,18H2,1-7H3/q;;+1.